The van der Waals surface area contributed by atoms with E-state index in [1.54, 1.807) is 6.33 Å². The molecule has 0 bridgehead atoms. The second-order valence-electron chi connectivity index (χ2n) is 7.24. The molecule has 0 aliphatic carbocycles. The highest BCUT2D eigenvalue weighted by atomic mass is 16.7. The summed E-state index contributed by atoms with van der Waals surface area (Å²) in [5, 5.41) is 8.15. The number of ether oxygens (including phenoxy) is 1. The summed E-state index contributed by atoms with van der Waals surface area (Å²) in [4.78, 5) is 20.4. The van der Waals surface area contributed by atoms with E-state index in [1.165, 1.54) is 11.2 Å². The maximum absolute atomic E-state index is 6.29. The van der Waals surface area contributed by atoms with Crippen LogP contribution in [0.1, 0.15) is 33.4 Å². The van der Waals surface area contributed by atoms with E-state index in [0.29, 0.717) is 28.9 Å². The molecule has 1 saturated heterocycles. The van der Waals surface area contributed by atoms with Gasteiger partial charge in [0.15, 0.2) is 11.2 Å². The zero-order chi connectivity index (χ0) is 19.3. The van der Waals surface area contributed by atoms with E-state index in [0.717, 1.165) is 17.5 Å². The van der Waals surface area contributed by atoms with Gasteiger partial charge >= 0.3 is 0 Å². The molecule has 28 heavy (non-hydrogen) atoms. The fourth-order valence-electron chi connectivity index (χ4n) is 3.89. The van der Waals surface area contributed by atoms with Crippen molar-refractivity contribution in [3.8, 4) is 5.88 Å². The van der Waals surface area contributed by atoms with Gasteiger partial charge in [-0.1, -0.05) is 37.7 Å². The van der Waals surface area contributed by atoms with Crippen LogP contribution >= 0.6 is 0 Å². The molecule has 1 aliphatic rings. The third-order valence-electron chi connectivity index (χ3n) is 5.68. The molecule has 5 rings (SSSR count). The van der Waals surface area contributed by atoms with Crippen LogP contribution in [0.4, 0.5) is 0 Å². The first-order chi connectivity index (χ1) is 13.7. The van der Waals surface area contributed by atoms with Gasteiger partial charge in [-0.25, -0.2) is 9.97 Å². The smallest absolute Gasteiger partial charge is 0.280 e. The number of imidazole rings is 1. The lowest BCUT2D eigenvalue weighted by Gasteiger charge is -2.17. The molecule has 0 radical (unpaired) electrons. The van der Waals surface area contributed by atoms with E-state index >= 15 is 0 Å². The second-order valence-corrected chi connectivity index (χ2v) is 7.24. The molecule has 9 nitrogen and oxygen atoms in total. The van der Waals surface area contributed by atoms with Crippen LogP contribution in [0.3, 0.4) is 0 Å². The minimum absolute atomic E-state index is 0.111. The number of nitrogens with zero attached hydrogens (tertiary/aromatic N) is 7. The Bertz CT molecular complexity index is 1140. The van der Waals surface area contributed by atoms with Gasteiger partial charge in [-0.05, 0) is 29.7 Å². The van der Waals surface area contributed by atoms with E-state index in [1.807, 2.05) is 28.8 Å². The molecule has 4 heterocycles. The summed E-state index contributed by atoms with van der Waals surface area (Å²) in [5.74, 6) is 1.14. The Labute approximate surface area is 161 Å². The van der Waals surface area contributed by atoms with Crippen LogP contribution in [0.2, 0.25) is 0 Å². The van der Waals surface area contributed by atoms with Gasteiger partial charge in [-0.15, -0.1) is 5.10 Å². The third kappa shape index (κ3) is 2.54. The SMILES string of the molecule is CC[C@H]1O[C@@H](n2cnc3c(On4nnc5ccccc54)ncnc32)[C@@H](C)C1C. The van der Waals surface area contributed by atoms with Crippen molar-refractivity contribution in [1.29, 1.82) is 0 Å². The average molecular weight is 379 g/mol. The quantitative estimate of drug-likeness (QED) is 0.538. The Morgan fingerprint density at radius 1 is 1.11 bits per heavy atom. The first kappa shape index (κ1) is 17.1. The molecule has 1 aromatic carbocycles. The summed E-state index contributed by atoms with van der Waals surface area (Å²) in [5.41, 5.74) is 2.73. The molecule has 1 aliphatic heterocycles. The number of fused-ring (bicyclic) bond motifs is 2. The highest BCUT2D eigenvalue weighted by Gasteiger charge is 2.39. The Hall–Kier alpha value is -3.07. The topological polar surface area (TPSA) is 92.8 Å². The van der Waals surface area contributed by atoms with Crippen molar-refractivity contribution in [2.45, 2.75) is 39.5 Å². The average Bonchev–Trinajstić information content (AvgIpc) is 3.40. The van der Waals surface area contributed by atoms with Crippen molar-refractivity contribution in [2.75, 3.05) is 0 Å². The summed E-state index contributed by atoms with van der Waals surface area (Å²) in [6.07, 6.45) is 4.32. The van der Waals surface area contributed by atoms with Crippen molar-refractivity contribution in [3.05, 3.63) is 36.9 Å². The summed E-state index contributed by atoms with van der Waals surface area (Å²) in [6.45, 7) is 6.59. The van der Waals surface area contributed by atoms with Crippen LogP contribution in [-0.4, -0.2) is 40.8 Å². The van der Waals surface area contributed by atoms with Crippen molar-refractivity contribution >= 4 is 22.2 Å². The molecule has 0 saturated carbocycles. The van der Waals surface area contributed by atoms with Crippen LogP contribution in [0.25, 0.3) is 22.2 Å². The molecule has 0 spiro atoms. The minimum atomic E-state index is -0.111. The lowest BCUT2D eigenvalue weighted by atomic mass is 9.91. The lowest BCUT2D eigenvalue weighted by molar-refractivity contribution is -0.0120. The molecule has 9 heteroatoms. The van der Waals surface area contributed by atoms with Gasteiger partial charge in [0.2, 0.25) is 0 Å². The maximum atomic E-state index is 6.29. The number of rotatable bonds is 4. The standard InChI is InChI=1S/C19H21N7O2/c1-4-15-11(2)12(3)19(27-15)25-10-22-16-17(25)20-9-21-18(16)28-26-14-8-6-5-7-13(14)23-24-26/h5-12,15,19H,4H2,1-3H3/t11?,12-,15+,19+/m0/s1. The molecule has 3 aromatic heterocycles. The van der Waals surface area contributed by atoms with E-state index in [4.69, 9.17) is 9.57 Å². The molecule has 0 N–H and O–H groups in total. The number of hydrogen-bond acceptors (Lipinski definition) is 7. The molecule has 4 atom stereocenters. The monoisotopic (exact) mass is 379 g/mol. The molecular formula is C19H21N7O2. The van der Waals surface area contributed by atoms with Gasteiger partial charge in [0.05, 0.1) is 12.4 Å². The summed E-state index contributed by atoms with van der Waals surface area (Å²) in [6, 6.07) is 7.56. The van der Waals surface area contributed by atoms with E-state index in [-0.39, 0.29) is 12.3 Å². The highest BCUT2D eigenvalue weighted by Crippen LogP contribution is 2.41. The second kappa shape index (κ2) is 6.52. The van der Waals surface area contributed by atoms with Crippen LogP contribution < -0.4 is 4.84 Å². The zero-order valence-electron chi connectivity index (χ0n) is 15.9. The molecule has 144 valence electrons. The van der Waals surface area contributed by atoms with Crippen molar-refractivity contribution < 1.29 is 9.57 Å². The Kier molecular flexibility index (Phi) is 3.97. The van der Waals surface area contributed by atoms with Gasteiger partial charge in [-0.2, -0.15) is 4.98 Å². The lowest BCUT2D eigenvalue weighted by Crippen LogP contribution is -2.15. The molecule has 4 aromatic rings. The van der Waals surface area contributed by atoms with Gasteiger partial charge in [0.1, 0.15) is 23.6 Å². The van der Waals surface area contributed by atoms with Crippen molar-refractivity contribution in [2.24, 2.45) is 11.8 Å². The molecule has 1 unspecified atom stereocenters. The van der Waals surface area contributed by atoms with Crippen LogP contribution in [0, 0.1) is 11.8 Å². The van der Waals surface area contributed by atoms with Crippen LogP contribution in [0.15, 0.2) is 36.9 Å². The molecular weight excluding hydrogens is 358 g/mol. The van der Waals surface area contributed by atoms with Gasteiger partial charge < -0.3 is 9.57 Å². The summed E-state index contributed by atoms with van der Waals surface area (Å²) < 4.78 is 8.26. The van der Waals surface area contributed by atoms with Gasteiger partial charge in [0, 0.05) is 5.92 Å². The van der Waals surface area contributed by atoms with E-state index in [2.05, 4.69) is 46.0 Å². The number of benzene rings is 1. The molecule has 1 fully saturated rings. The largest absolute Gasteiger partial charge is 0.354 e. The van der Waals surface area contributed by atoms with E-state index in [9.17, 15) is 0 Å². The number of hydrogen-bond donors (Lipinski definition) is 0. The fraction of sp³-hybridized carbons (Fsp3) is 0.421. The van der Waals surface area contributed by atoms with Gasteiger partial charge in [0.25, 0.3) is 5.88 Å². The highest BCUT2D eigenvalue weighted by molar-refractivity contribution is 5.77. The van der Waals surface area contributed by atoms with Crippen LogP contribution in [-0.2, 0) is 4.74 Å². The minimum Gasteiger partial charge on any atom is -0.354 e. The zero-order valence-corrected chi connectivity index (χ0v) is 15.9. The molecule has 0 amide bonds. The Morgan fingerprint density at radius 3 is 2.79 bits per heavy atom. The van der Waals surface area contributed by atoms with Gasteiger partial charge in [-0.3, -0.25) is 4.57 Å². The van der Waals surface area contributed by atoms with Crippen LogP contribution in [0.5, 0.6) is 5.88 Å². The maximum Gasteiger partial charge on any atom is 0.280 e. The van der Waals surface area contributed by atoms with Crippen molar-refractivity contribution in [3.63, 3.8) is 0 Å². The van der Waals surface area contributed by atoms with E-state index < -0.39 is 0 Å². The summed E-state index contributed by atoms with van der Waals surface area (Å²) >= 11 is 0. The Balaban J connectivity index is 1.53. The summed E-state index contributed by atoms with van der Waals surface area (Å²) in [7, 11) is 0. The Morgan fingerprint density at radius 2 is 1.96 bits per heavy atom. The normalized spacial score (nSPS) is 25.0. The third-order valence-corrected chi connectivity index (χ3v) is 5.68. The van der Waals surface area contributed by atoms with Crippen molar-refractivity contribution in [1.82, 2.24) is 34.7 Å². The number of aromatic nitrogens is 7. The fourth-order valence-corrected chi connectivity index (χ4v) is 3.89. The predicted octanol–water partition coefficient (Wildman–Crippen LogP) is 2.99. The first-order valence-corrected chi connectivity index (χ1v) is 9.49. The number of para-hydroxylation sites is 1. The predicted molar refractivity (Wildman–Crippen MR) is 101 cm³/mol. The first-order valence-electron chi connectivity index (χ1n) is 9.49.